The van der Waals surface area contributed by atoms with Gasteiger partial charge in [0.25, 0.3) is 0 Å². The third-order valence-corrected chi connectivity index (χ3v) is 4.10. The van der Waals surface area contributed by atoms with Gasteiger partial charge in [-0.3, -0.25) is 9.10 Å². The number of rotatable bonds is 4. The Bertz CT molecular complexity index is 580. The summed E-state index contributed by atoms with van der Waals surface area (Å²) >= 11 is 0. The van der Waals surface area contributed by atoms with E-state index in [4.69, 9.17) is 0 Å². The Balaban J connectivity index is 3.18. The zero-order valence-electron chi connectivity index (χ0n) is 12.0. The molecule has 0 spiro atoms. The number of carbonyl (C=O) groups excluding carboxylic acids is 1. The molecule has 0 radical (unpaired) electrons. The Morgan fingerprint density at radius 2 is 1.74 bits per heavy atom. The van der Waals surface area contributed by atoms with Crippen molar-refractivity contribution in [2.75, 3.05) is 31.2 Å². The van der Waals surface area contributed by atoms with E-state index in [1.807, 2.05) is 19.9 Å². The van der Waals surface area contributed by atoms with Crippen LogP contribution in [0.2, 0.25) is 0 Å². The van der Waals surface area contributed by atoms with Crippen LogP contribution in [0.15, 0.2) is 18.2 Å². The highest BCUT2D eigenvalue weighted by Crippen LogP contribution is 2.21. The quantitative estimate of drug-likeness (QED) is 0.833. The van der Waals surface area contributed by atoms with Crippen LogP contribution in [0.1, 0.15) is 11.1 Å². The van der Waals surface area contributed by atoms with Crippen LogP contribution in [0.5, 0.6) is 0 Å². The molecule has 0 saturated heterocycles. The number of amides is 1. The Hall–Kier alpha value is -1.56. The summed E-state index contributed by atoms with van der Waals surface area (Å²) in [5.41, 5.74) is 2.58. The lowest BCUT2D eigenvalue weighted by molar-refractivity contribution is -0.127. The van der Waals surface area contributed by atoms with Crippen LogP contribution >= 0.6 is 0 Å². The fourth-order valence-electron chi connectivity index (χ4n) is 1.55. The molecule has 0 fully saturated rings. The molecule has 1 aromatic rings. The van der Waals surface area contributed by atoms with Crippen LogP contribution in [-0.4, -0.2) is 46.1 Å². The van der Waals surface area contributed by atoms with Crippen LogP contribution in [0, 0.1) is 13.8 Å². The monoisotopic (exact) mass is 284 g/mol. The fraction of sp³-hybridized carbons (Fsp3) is 0.462. The predicted molar refractivity (Wildman–Crippen MR) is 76.8 cm³/mol. The van der Waals surface area contributed by atoms with Gasteiger partial charge >= 0.3 is 0 Å². The van der Waals surface area contributed by atoms with Gasteiger partial charge in [-0.05, 0) is 37.1 Å². The molecule has 19 heavy (non-hydrogen) atoms. The van der Waals surface area contributed by atoms with Gasteiger partial charge in [0.05, 0.1) is 11.9 Å². The molecule has 5 nitrogen and oxygen atoms in total. The summed E-state index contributed by atoms with van der Waals surface area (Å²) in [6.45, 7) is 3.68. The van der Waals surface area contributed by atoms with Crippen molar-refractivity contribution in [2.24, 2.45) is 0 Å². The Kier molecular flexibility index (Phi) is 4.57. The maximum atomic E-state index is 11.8. The second-order valence-electron chi connectivity index (χ2n) is 4.83. The van der Waals surface area contributed by atoms with Gasteiger partial charge in [-0.25, -0.2) is 8.42 Å². The third-order valence-electron chi connectivity index (χ3n) is 2.96. The number of nitrogens with zero attached hydrogens (tertiary/aromatic N) is 2. The number of hydrogen-bond donors (Lipinski definition) is 0. The maximum absolute atomic E-state index is 11.8. The van der Waals surface area contributed by atoms with E-state index in [1.165, 1.54) is 4.90 Å². The Morgan fingerprint density at radius 3 is 2.16 bits per heavy atom. The minimum atomic E-state index is -3.49. The zero-order valence-corrected chi connectivity index (χ0v) is 12.8. The normalized spacial score (nSPS) is 11.2. The number of anilines is 1. The molecule has 0 aliphatic heterocycles. The van der Waals surface area contributed by atoms with Crippen molar-refractivity contribution >= 4 is 21.6 Å². The van der Waals surface area contributed by atoms with Crippen LogP contribution in [0.4, 0.5) is 5.69 Å². The van der Waals surface area contributed by atoms with Crippen LogP contribution < -0.4 is 4.31 Å². The fourth-order valence-corrected chi connectivity index (χ4v) is 2.39. The Labute approximate surface area is 114 Å². The van der Waals surface area contributed by atoms with E-state index < -0.39 is 10.0 Å². The molecule has 1 aromatic carbocycles. The first-order valence-corrected chi connectivity index (χ1v) is 7.73. The van der Waals surface area contributed by atoms with Crippen molar-refractivity contribution in [3.8, 4) is 0 Å². The summed E-state index contributed by atoms with van der Waals surface area (Å²) < 4.78 is 24.8. The van der Waals surface area contributed by atoms with Gasteiger partial charge in [-0.2, -0.15) is 0 Å². The first-order chi connectivity index (χ1) is 8.62. The van der Waals surface area contributed by atoms with Gasteiger partial charge in [0.1, 0.15) is 6.54 Å². The highest BCUT2D eigenvalue weighted by Gasteiger charge is 2.21. The highest BCUT2D eigenvalue weighted by molar-refractivity contribution is 7.92. The van der Waals surface area contributed by atoms with Gasteiger partial charge in [0.2, 0.25) is 15.9 Å². The molecule has 1 amide bonds. The minimum absolute atomic E-state index is 0.186. The molecule has 0 N–H and O–H groups in total. The molecule has 0 aliphatic carbocycles. The van der Waals surface area contributed by atoms with E-state index in [9.17, 15) is 13.2 Å². The SMILES string of the molecule is Cc1ccc(N(CC(=O)N(C)C)S(C)(=O)=O)cc1C. The van der Waals surface area contributed by atoms with E-state index in [1.54, 1.807) is 26.2 Å². The van der Waals surface area contributed by atoms with Crippen molar-refractivity contribution in [3.63, 3.8) is 0 Å². The van der Waals surface area contributed by atoms with Crippen molar-refractivity contribution in [3.05, 3.63) is 29.3 Å². The summed E-state index contributed by atoms with van der Waals surface area (Å²) in [6.07, 6.45) is 1.10. The molecule has 0 saturated carbocycles. The van der Waals surface area contributed by atoms with Gasteiger partial charge in [-0.15, -0.1) is 0 Å². The molecular formula is C13H20N2O3S. The predicted octanol–water partition coefficient (Wildman–Crippen LogP) is 1.16. The molecule has 6 heteroatoms. The Morgan fingerprint density at radius 1 is 1.16 bits per heavy atom. The molecule has 0 unspecified atom stereocenters. The summed E-state index contributed by atoms with van der Waals surface area (Å²) in [5.74, 6) is -0.261. The third kappa shape index (κ3) is 3.96. The van der Waals surface area contributed by atoms with E-state index in [0.29, 0.717) is 5.69 Å². The van der Waals surface area contributed by atoms with Crippen molar-refractivity contribution in [2.45, 2.75) is 13.8 Å². The number of carbonyl (C=O) groups is 1. The van der Waals surface area contributed by atoms with E-state index in [0.717, 1.165) is 21.7 Å². The van der Waals surface area contributed by atoms with Gasteiger partial charge < -0.3 is 4.90 Å². The van der Waals surface area contributed by atoms with Crippen LogP contribution in [-0.2, 0) is 14.8 Å². The summed E-state index contributed by atoms with van der Waals surface area (Å²) in [4.78, 5) is 13.1. The van der Waals surface area contributed by atoms with Crippen molar-refractivity contribution in [1.82, 2.24) is 4.90 Å². The molecular weight excluding hydrogens is 264 g/mol. The van der Waals surface area contributed by atoms with Crippen LogP contribution in [0.3, 0.4) is 0 Å². The lowest BCUT2D eigenvalue weighted by atomic mass is 10.1. The minimum Gasteiger partial charge on any atom is -0.347 e. The maximum Gasteiger partial charge on any atom is 0.242 e. The lowest BCUT2D eigenvalue weighted by Gasteiger charge is -2.24. The standard InChI is InChI=1S/C13H20N2O3S/c1-10-6-7-12(8-11(10)2)15(19(5,17)18)9-13(16)14(3)4/h6-8H,9H2,1-5H3. The number of benzene rings is 1. The number of aryl methyl sites for hydroxylation is 2. The second-order valence-corrected chi connectivity index (χ2v) is 6.73. The van der Waals surface area contributed by atoms with Gasteiger partial charge in [0.15, 0.2) is 0 Å². The first kappa shape index (κ1) is 15.5. The lowest BCUT2D eigenvalue weighted by Crippen LogP contribution is -2.39. The summed E-state index contributed by atoms with van der Waals surface area (Å²) in [7, 11) is -0.290. The molecule has 0 atom stereocenters. The van der Waals surface area contributed by atoms with Crippen molar-refractivity contribution in [1.29, 1.82) is 0 Å². The highest BCUT2D eigenvalue weighted by atomic mass is 32.2. The number of hydrogen-bond acceptors (Lipinski definition) is 3. The van der Waals surface area contributed by atoms with Crippen LogP contribution in [0.25, 0.3) is 0 Å². The molecule has 0 aromatic heterocycles. The molecule has 0 heterocycles. The smallest absolute Gasteiger partial charge is 0.242 e. The first-order valence-electron chi connectivity index (χ1n) is 5.88. The number of likely N-dealkylation sites (N-methyl/N-ethyl adjacent to an activating group) is 1. The molecule has 1 rings (SSSR count). The summed E-state index contributed by atoms with van der Waals surface area (Å²) in [5, 5.41) is 0. The van der Waals surface area contributed by atoms with E-state index >= 15 is 0 Å². The molecule has 0 bridgehead atoms. The molecule has 0 aliphatic rings. The zero-order chi connectivity index (χ0) is 14.8. The van der Waals surface area contributed by atoms with Crippen molar-refractivity contribution < 1.29 is 13.2 Å². The second kappa shape index (κ2) is 5.61. The largest absolute Gasteiger partial charge is 0.347 e. The average Bonchev–Trinajstić information content (AvgIpc) is 2.27. The molecule has 106 valence electrons. The van der Waals surface area contributed by atoms with Gasteiger partial charge in [-0.1, -0.05) is 6.07 Å². The van der Waals surface area contributed by atoms with Gasteiger partial charge in [0, 0.05) is 14.1 Å². The van der Waals surface area contributed by atoms with E-state index in [2.05, 4.69) is 0 Å². The topological polar surface area (TPSA) is 57.7 Å². The average molecular weight is 284 g/mol. The van der Waals surface area contributed by atoms with E-state index in [-0.39, 0.29) is 12.5 Å². The number of sulfonamides is 1. The summed E-state index contributed by atoms with van der Waals surface area (Å²) in [6, 6.07) is 5.34.